The molecule has 0 saturated carbocycles. The lowest BCUT2D eigenvalue weighted by Crippen LogP contribution is -1.91. The number of hydrogen-bond donors (Lipinski definition) is 2. The van der Waals surface area contributed by atoms with Gasteiger partial charge >= 0.3 is 0 Å². The molecule has 0 fully saturated rings. The Morgan fingerprint density at radius 2 is 0.750 bits per heavy atom. The zero-order valence-electron chi connectivity index (χ0n) is 21.6. The Hall–Kier alpha value is -3.78. The van der Waals surface area contributed by atoms with Gasteiger partial charge in [-0.2, -0.15) is 0 Å². The van der Waals surface area contributed by atoms with Crippen molar-refractivity contribution in [3.8, 4) is 0 Å². The first kappa shape index (κ1) is 25.3. The van der Waals surface area contributed by atoms with E-state index >= 15 is 0 Å². The summed E-state index contributed by atoms with van der Waals surface area (Å²) in [5, 5.41) is 6.99. The monoisotopic (exact) mass is 474 g/mol. The molecule has 4 aromatic carbocycles. The molecule has 4 aromatic rings. The molecule has 0 radical (unpaired) electrons. The summed E-state index contributed by atoms with van der Waals surface area (Å²) in [5.41, 5.74) is 9.62. The van der Waals surface area contributed by atoms with Gasteiger partial charge in [0, 0.05) is 22.7 Å². The van der Waals surface area contributed by atoms with E-state index in [9.17, 15) is 0 Å². The van der Waals surface area contributed by atoms with Crippen LogP contribution in [0.3, 0.4) is 0 Å². The topological polar surface area (TPSA) is 24.1 Å². The molecule has 2 heteroatoms. The van der Waals surface area contributed by atoms with Crippen LogP contribution < -0.4 is 10.6 Å². The normalized spacial score (nSPS) is 11.1. The molecule has 0 spiro atoms. The van der Waals surface area contributed by atoms with Gasteiger partial charge < -0.3 is 10.6 Å². The van der Waals surface area contributed by atoms with Gasteiger partial charge in [-0.3, -0.25) is 0 Å². The first-order valence-electron chi connectivity index (χ1n) is 13.3. The standard InChI is InChI=1S/C34H38N2/c1-3-5-7-27-11-19-31(20-12-27)35-33-23-15-29(16-24-33)9-10-30-17-25-34(26-18-30)36-32-21-13-28(14-22-32)8-6-4-2/h9-26,35-36H,3-8H2,1-2H3/b10-9+. The van der Waals surface area contributed by atoms with Crippen LogP contribution in [-0.2, 0) is 12.8 Å². The van der Waals surface area contributed by atoms with Crippen molar-refractivity contribution in [2.75, 3.05) is 10.6 Å². The third-order valence-corrected chi connectivity index (χ3v) is 6.41. The first-order chi connectivity index (χ1) is 17.7. The van der Waals surface area contributed by atoms with E-state index in [0.717, 1.165) is 35.6 Å². The number of unbranched alkanes of at least 4 members (excludes halogenated alkanes) is 2. The van der Waals surface area contributed by atoms with Gasteiger partial charge in [0.05, 0.1) is 0 Å². The van der Waals surface area contributed by atoms with Crippen LogP contribution in [0, 0.1) is 0 Å². The van der Waals surface area contributed by atoms with Gasteiger partial charge in [-0.25, -0.2) is 0 Å². The molecule has 0 bridgehead atoms. The summed E-state index contributed by atoms with van der Waals surface area (Å²) < 4.78 is 0. The molecule has 0 amide bonds. The van der Waals surface area contributed by atoms with Gasteiger partial charge in [-0.05, 0) is 96.5 Å². The van der Waals surface area contributed by atoms with E-state index in [-0.39, 0.29) is 0 Å². The number of aryl methyl sites for hydroxylation is 2. The second kappa shape index (κ2) is 13.3. The van der Waals surface area contributed by atoms with Crippen molar-refractivity contribution in [3.63, 3.8) is 0 Å². The minimum Gasteiger partial charge on any atom is -0.356 e. The maximum atomic E-state index is 3.50. The fourth-order valence-electron chi connectivity index (χ4n) is 4.15. The van der Waals surface area contributed by atoms with E-state index < -0.39 is 0 Å². The van der Waals surface area contributed by atoms with Crippen LogP contribution in [0.1, 0.15) is 61.8 Å². The molecule has 2 nitrogen and oxygen atoms in total. The summed E-state index contributed by atoms with van der Waals surface area (Å²) in [6.45, 7) is 4.47. The van der Waals surface area contributed by atoms with Crippen LogP contribution in [0.5, 0.6) is 0 Å². The van der Waals surface area contributed by atoms with Crippen LogP contribution in [-0.4, -0.2) is 0 Å². The summed E-state index contributed by atoms with van der Waals surface area (Å²) in [6, 6.07) is 34.7. The fourth-order valence-corrected chi connectivity index (χ4v) is 4.15. The second-order valence-corrected chi connectivity index (χ2v) is 9.43. The largest absolute Gasteiger partial charge is 0.356 e. The molecular formula is C34H38N2. The van der Waals surface area contributed by atoms with Crippen molar-refractivity contribution in [1.29, 1.82) is 0 Å². The van der Waals surface area contributed by atoms with Crippen molar-refractivity contribution in [2.24, 2.45) is 0 Å². The quantitative estimate of drug-likeness (QED) is 0.200. The van der Waals surface area contributed by atoms with Crippen LogP contribution in [0.4, 0.5) is 22.7 Å². The van der Waals surface area contributed by atoms with Gasteiger partial charge in [-0.1, -0.05) is 87.4 Å². The predicted molar refractivity (Wildman–Crippen MR) is 158 cm³/mol. The number of benzene rings is 4. The van der Waals surface area contributed by atoms with Gasteiger partial charge in [0.2, 0.25) is 0 Å². The minimum absolute atomic E-state index is 1.10. The van der Waals surface area contributed by atoms with Crippen molar-refractivity contribution in [1.82, 2.24) is 0 Å². The molecule has 184 valence electrons. The summed E-state index contributed by atoms with van der Waals surface area (Å²) >= 11 is 0. The Morgan fingerprint density at radius 1 is 0.444 bits per heavy atom. The second-order valence-electron chi connectivity index (χ2n) is 9.43. The number of anilines is 4. The molecule has 0 aliphatic carbocycles. The Bertz CT molecular complexity index is 1100. The molecule has 0 heterocycles. The van der Waals surface area contributed by atoms with Crippen molar-refractivity contribution >= 4 is 34.9 Å². The molecule has 0 aliphatic rings. The predicted octanol–water partition coefficient (Wildman–Crippen LogP) is 10.0. The van der Waals surface area contributed by atoms with E-state index in [1.54, 1.807) is 0 Å². The van der Waals surface area contributed by atoms with Gasteiger partial charge in [-0.15, -0.1) is 0 Å². The lowest BCUT2D eigenvalue weighted by atomic mass is 10.1. The van der Waals surface area contributed by atoms with E-state index in [0.29, 0.717) is 0 Å². The summed E-state index contributed by atoms with van der Waals surface area (Å²) in [7, 11) is 0. The van der Waals surface area contributed by atoms with Crippen molar-refractivity contribution < 1.29 is 0 Å². The van der Waals surface area contributed by atoms with Gasteiger partial charge in [0.1, 0.15) is 0 Å². The maximum absolute atomic E-state index is 3.50. The molecule has 0 aliphatic heterocycles. The van der Waals surface area contributed by atoms with Gasteiger partial charge in [0.15, 0.2) is 0 Å². The highest BCUT2D eigenvalue weighted by atomic mass is 14.9. The SMILES string of the molecule is CCCCc1ccc(Nc2ccc(/C=C/c3ccc(Nc4ccc(CCCC)cc4)cc3)cc2)cc1. The van der Waals surface area contributed by atoms with Crippen molar-refractivity contribution in [3.05, 3.63) is 119 Å². The zero-order valence-corrected chi connectivity index (χ0v) is 21.6. The number of hydrogen-bond acceptors (Lipinski definition) is 2. The highest BCUT2D eigenvalue weighted by Crippen LogP contribution is 2.21. The smallest absolute Gasteiger partial charge is 0.0384 e. The fraction of sp³-hybridized carbons (Fsp3) is 0.235. The average molecular weight is 475 g/mol. The Labute approximate surface area is 217 Å². The van der Waals surface area contributed by atoms with E-state index in [1.807, 2.05) is 0 Å². The van der Waals surface area contributed by atoms with Crippen LogP contribution in [0.15, 0.2) is 97.1 Å². The molecule has 36 heavy (non-hydrogen) atoms. The zero-order chi connectivity index (χ0) is 25.0. The Kier molecular flexibility index (Phi) is 9.39. The molecule has 0 unspecified atom stereocenters. The van der Waals surface area contributed by atoms with E-state index in [4.69, 9.17) is 0 Å². The minimum atomic E-state index is 1.10. The van der Waals surface area contributed by atoms with Crippen molar-refractivity contribution in [2.45, 2.75) is 52.4 Å². The number of nitrogens with one attached hydrogen (secondary N) is 2. The summed E-state index contributed by atoms with van der Waals surface area (Å²) in [6.07, 6.45) is 11.6. The molecular weight excluding hydrogens is 436 g/mol. The van der Waals surface area contributed by atoms with Crippen LogP contribution in [0.2, 0.25) is 0 Å². The van der Waals surface area contributed by atoms with E-state index in [2.05, 4.69) is 134 Å². The highest BCUT2D eigenvalue weighted by molar-refractivity contribution is 5.72. The average Bonchev–Trinajstić information content (AvgIpc) is 2.93. The van der Waals surface area contributed by atoms with Crippen LogP contribution >= 0.6 is 0 Å². The highest BCUT2D eigenvalue weighted by Gasteiger charge is 1.99. The molecule has 0 aromatic heterocycles. The first-order valence-corrected chi connectivity index (χ1v) is 13.3. The third-order valence-electron chi connectivity index (χ3n) is 6.41. The van der Waals surface area contributed by atoms with Gasteiger partial charge in [0.25, 0.3) is 0 Å². The summed E-state index contributed by atoms with van der Waals surface area (Å²) in [5.74, 6) is 0. The Morgan fingerprint density at radius 3 is 1.06 bits per heavy atom. The Balaban J connectivity index is 1.28. The number of rotatable bonds is 12. The van der Waals surface area contributed by atoms with E-state index in [1.165, 1.54) is 47.9 Å². The molecule has 2 N–H and O–H groups in total. The third kappa shape index (κ3) is 7.88. The molecule has 0 atom stereocenters. The summed E-state index contributed by atoms with van der Waals surface area (Å²) in [4.78, 5) is 0. The molecule has 0 saturated heterocycles. The molecule has 4 rings (SSSR count). The maximum Gasteiger partial charge on any atom is 0.0384 e. The lowest BCUT2D eigenvalue weighted by Gasteiger charge is -2.08. The lowest BCUT2D eigenvalue weighted by molar-refractivity contribution is 0.795. The van der Waals surface area contributed by atoms with Crippen LogP contribution in [0.25, 0.3) is 12.2 Å².